The minimum Gasteiger partial charge on any atom is -0.357 e. The first-order valence-corrected chi connectivity index (χ1v) is 6.88. The zero-order valence-electron chi connectivity index (χ0n) is 11.1. The Hall–Kier alpha value is -1.06. The lowest BCUT2D eigenvalue weighted by atomic mass is 9.94. The molecule has 1 N–H and O–H groups in total. The van der Waals surface area contributed by atoms with E-state index < -0.39 is 0 Å². The van der Waals surface area contributed by atoms with Crippen molar-refractivity contribution in [2.45, 2.75) is 25.9 Å². The fourth-order valence-electron chi connectivity index (χ4n) is 1.96. The minimum atomic E-state index is -0.0312. The van der Waals surface area contributed by atoms with Crippen molar-refractivity contribution >= 4 is 15.9 Å². The van der Waals surface area contributed by atoms with Crippen LogP contribution in [-0.2, 0) is 19.1 Å². The lowest BCUT2D eigenvalue weighted by Gasteiger charge is -2.27. The standard InChI is InChI=1S/C15H19BrN2/c1-15(2,13-4-6-14(16)7-5-13)17-10-12-8-9-18(3)11-12/h4-9,11,17H,10H2,1-3H3. The Labute approximate surface area is 117 Å². The average molecular weight is 307 g/mol. The normalized spacial score (nSPS) is 11.8. The molecule has 18 heavy (non-hydrogen) atoms. The number of halogens is 1. The summed E-state index contributed by atoms with van der Waals surface area (Å²) >= 11 is 3.47. The molecular formula is C15H19BrN2. The highest BCUT2D eigenvalue weighted by Gasteiger charge is 2.19. The molecule has 1 aromatic carbocycles. The first kappa shape index (κ1) is 13.4. The maximum absolute atomic E-state index is 3.60. The van der Waals surface area contributed by atoms with Crippen molar-refractivity contribution in [2.24, 2.45) is 7.05 Å². The Morgan fingerprint density at radius 1 is 1.17 bits per heavy atom. The largest absolute Gasteiger partial charge is 0.357 e. The number of nitrogens with zero attached hydrogens (tertiary/aromatic N) is 1. The molecule has 0 amide bonds. The molecule has 0 radical (unpaired) electrons. The molecule has 0 unspecified atom stereocenters. The molecule has 2 rings (SSSR count). The fourth-order valence-corrected chi connectivity index (χ4v) is 2.22. The third-order valence-electron chi connectivity index (χ3n) is 3.19. The van der Waals surface area contributed by atoms with Gasteiger partial charge in [0.2, 0.25) is 0 Å². The average Bonchev–Trinajstić information content (AvgIpc) is 2.73. The SMILES string of the molecule is Cn1ccc(CNC(C)(C)c2ccc(Br)cc2)c1. The molecule has 96 valence electrons. The third kappa shape index (κ3) is 3.24. The van der Waals surface area contributed by atoms with Gasteiger partial charge in [-0.3, -0.25) is 0 Å². The predicted octanol–water partition coefficient (Wildman–Crippen LogP) is 3.81. The highest BCUT2D eigenvalue weighted by atomic mass is 79.9. The summed E-state index contributed by atoms with van der Waals surface area (Å²) in [6, 6.07) is 10.6. The Balaban J connectivity index is 2.04. The van der Waals surface area contributed by atoms with E-state index in [4.69, 9.17) is 0 Å². The van der Waals surface area contributed by atoms with Crippen molar-refractivity contribution in [2.75, 3.05) is 0 Å². The molecule has 2 nitrogen and oxygen atoms in total. The Bertz CT molecular complexity index is 512. The van der Waals surface area contributed by atoms with Crippen LogP contribution < -0.4 is 5.32 Å². The van der Waals surface area contributed by atoms with Crippen molar-refractivity contribution in [3.8, 4) is 0 Å². The van der Waals surface area contributed by atoms with Gasteiger partial charge in [-0.15, -0.1) is 0 Å². The van der Waals surface area contributed by atoms with Gasteiger partial charge in [0.15, 0.2) is 0 Å². The molecule has 0 aliphatic rings. The summed E-state index contributed by atoms with van der Waals surface area (Å²) in [6.45, 7) is 5.29. The maximum Gasteiger partial charge on any atom is 0.0380 e. The maximum atomic E-state index is 3.60. The van der Waals surface area contributed by atoms with Gasteiger partial charge in [0.25, 0.3) is 0 Å². The van der Waals surface area contributed by atoms with Gasteiger partial charge in [-0.2, -0.15) is 0 Å². The van der Waals surface area contributed by atoms with E-state index in [-0.39, 0.29) is 5.54 Å². The van der Waals surface area contributed by atoms with Crippen LogP contribution in [0.4, 0.5) is 0 Å². The van der Waals surface area contributed by atoms with E-state index in [2.05, 4.69) is 82.4 Å². The Morgan fingerprint density at radius 3 is 2.39 bits per heavy atom. The summed E-state index contributed by atoms with van der Waals surface area (Å²) < 4.78 is 3.19. The van der Waals surface area contributed by atoms with Gasteiger partial charge in [0, 0.05) is 36.0 Å². The molecule has 0 bridgehead atoms. The van der Waals surface area contributed by atoms with Crippen molar-refractivity contribution in [1.82, 2.24) is 9.88 Å². The lowest BCUT2D eigenvalue weighted by molar-refractivity contribution is 0.401. The summed E-state index contributed by atoms with van der Waals surface area (Å²) in [7, 11) is 2.05. The number of hydrogen-bond acceptors (Lipinski definition) is 1. The molecule has 0 atom stereocenters. The second-order valence-electron chi connectivity index (χ2n) is 5.17. The van der Waals surface area contributed by atoms with Crippen LogP contribution in [0.1, 0.15) is 25.0 Å². The van der Waals surface area contributed by atoms with Crippen LogP contribution in [0.5, 0.6) is 0 Å². The summed E-state index contributed by atoms with van der Waals surface area (Å²) in [5.41, 5.74) is 2.57. The molecule has 1 aromatic heterocycles. The number of nitrogens with one attached hydrogen (secondary N) is 1. The van der Waals surface area contributed by atoms with Gasteiger partial charge in [0.1, 0.15) is 0 Å². The van der Waals surface area contributed by atoms with E-state index in [0.29, 0.717) is 0 Å². The predicted molar refractivity (Wildman–Crippen MR) is 79.4 cm³/mol. The van der Waals surface area contributed by atoms with E-state index in [9.17, 15) is 0 Å². The van der Waals surface area contributed by atoms with Crippen LogP contribution in [0.2, 0.25) is 0 Å². The molecule has 3 heteroatoms. The molecule has 0 spiro atoms. The topological polar surface area (TPSA) is 17.0 Å². The van der Waals surface area contributed by atoms with E-state index in [1.165, 1.54) is 11.1 Å². The van der Waals surface area contributed by atoms with Gasteiger partial charge in [-0.1, -0.05) is 28.1 Å². The number of benzene rings is 1. The summed E-state index contributed by atoms with van der Waals surface area (Å²) in [5, 5.41) is 3.60. The molecule has 0 aliphatic carbocycles. The van der Waals surface area contributed by atoms with E-state index in [1.54, 1.807) is 0 Å². The van der Waals surface area contributed by atoms with Gasteiger partial charge in [-0.25, -0.2) is 0 Å². The first-order chi connectivity index (χ1) is 8.47. The Kier molecular flexibility index (Phi) is 3.93. The van der Waals surface area contributed by atoms with Gasteiger partial charge in [0.05, 0.1) is 0 Å². The summed E-state index contributed by atoms with van der Waals surface area (Å²) in [4.78, 5) is 0. The smallest absolute Gasteiger partial charge is 0.0380 e. The monoisotopic (exact) mass is 306 g/mol. The van der Waals surface area contributed by atoms with E-state index in [1.807, 2.05) is 7.05 Å². The molecule has 0 fully saturated rings. The van der Waals surface area contributed by atoms with Crippen molar-refractivity contribution in [1.29, 1.82) is 0 Å². The number of rotatable bonds is 4. The Morgan fingerprint density at radius 2 is 1.83 bits per heavy atom. The lowest BCUT2D eigenvalue weighted by Crippen LogP contribution is -2.35. The highest BCUT2D eigenvalue weighted by Crippen LogP contribution is 2.22. The molecule has 0 saturated carbocycles. The van der Waals surface area contributed by atoms with Crippen molar-refractivity contribution in [3.63, 3.8) is 0 Å². The zero-order valence-corrected chi connectivity index (χ0v) is 12.7. The summed E-state index contributed by atoms with van der Waals surface area (Å²) in [6.07, 6.45) is 4.22. The van der Waals surface area contributed by atoms with Crippen LogP contribution in [0, 0.1) is 0 Å². The van der Waals surface area contributed by atoms with Crippen LogP contribution >= 0.6 is 15.9 Å². The van der Waals surface area contributed by atoms with Gasteiger partial charge in [-0.05, 0) is 43.2 Å². The number of aryl methyl sites for hydroxylation is 1. The zero-order chi connectivity index (χ0) is 13.2. The van der Waals surface area contributed by atoms with Crippen LogP contribution in [0.15, 0.2) is 47.2 Å². The highest BCUT2D eigenvalue weighted by molar-refractivity contribution is 9.10. The minimum absolute atomic E-state index is 0.0312. The molecular weight excluding hydrogens is 288 g/mol. The fraction of sp³-hybridized carbons (Fsp3) is 0.333. The number of aromatic nitrogens is 1. The molecule has 0 saturated heterocycles. The van der Waals surface area contributed by atoms with E-state index in [0.717, 1.165) is 11.0 Å². The van der Waals surface area contributed by atoms with Gasteiger partial charge >= 0.3 is 0 Å². The van der Waals surface area contributed by atoms with E-state index >= 15 is 0 Å². The molecule has 2 aromatic rings. The first-order valence-electron chi connectivity index (χ1n) is 6.09. The second kappa shape index (κ2) is 5.29. The van der Waals surface area contributed by atoms with Crippen LogP contribution in [0.25, 0.3) is 0 Å². The second-order valence-corrected chi connectivity index (χ2v) is 6.09. The number of hydrogen-bond donors (Lipinski definition) is 1. The quantitative estimate of drug-likeness (QED) is 0.909. The third-order valence-corrected chi connectivity index (χ3v) is 3.72. The van der Waals surface area contributed by atoms with Gasteiger partial charge < -0.3 is 9.88 Å². The van der Waals surface area contributed by atoms with Crippen molar-refractivity contribution in [3.05, 3.63) is 58.3 Å². The molecule has 0 aliphatic heterocycles. The van der Waals surface area contributed by atoms with Crippen molar-refractivity contribution < 1.29 is 0 Å². The van der Waals surface area contributed by atoms with Crippen LogP contribution in [-0.4, -0.2) is 4.57 Å². The van der Waals surface area contributed by atoms with Crippen LogP contribution in [0.3, 0.4) is 0 Å². The molecule has 1 heterocycles. The summed E-state index contributed by atoms with van der Waals surface area (Å²) in [5.74, 6) is 0.